The third kappa shape index (κ3) is 20.5. The molecule has 2 bridgehead atoms. The van der Waals surface area contributed by atoms with Crippen molar-refractivity contribution in [1.82, 2.24) is 0 Å². The van der Waals surface area contributed by atoms with Gasteiger partial charge >= 0.3 is 5.97 Å². The number of hydrogen-bond donors (Lipinski definition) is 6. The van der Waals surface area contributed by atoms with Gasteiger partial charge in [0.2, 0.25) is 0 Å². The number of aliphatic hydroxyl groups excluding tert-OH is 5. The Morgan fingerprint density at radius 1 is 0.603 bits per heavy atom. The first kappa shape index (κ1) is 49.7. The topological polar surface area (TPSA) is 175 Å². The molecule has 328 valence electrons. The molecule has 13 atom stereocenters. The summed E-state index contributed by atoms with van der Waals surface area (Å²) >= 11 is 0. The zero-order valence-corrected chi connectivity index (χ0v) is 35.3. The van der Waals surface area contributed by atoms with Gasteiger partial charge in [0.15, 0.2) is 12.1 Å². The van der Waals surface area contributed by atoms with Crippen molar-refractivity contribution >= 4 is 5.97 Å². The van der Waals surface area contributed by atoms with Crippen LogP contribution in [0.25, 0.3) is 0 Å². The Hall–Kier alpha value is -2.71. The van der Waals surface area contributed by atoms with Crippen LogP contribution in [0.2, 0.25) is 0 Å². The molecule has 11 nitrogen and oxygen atoms in total. The highest BCUT2D eigenvalue weighted by molar-refractivity contribution is 5.69. The molecule has 2 fully saturated rings. The van der Waals surface area contributed by atoms with Crippen LogP contribution >= 0.6 is 0 Å². The summed E-state index contributed by atoms with van der Waals surface area (Å²) in [6.07, 6.45) is 27.0. The second-order valence-electron chi connectivity index (χ2n) is 16.8. The number of carbonyl (C=O) groups excluding carboxylic acids is 1. The van der Waals surface area contributed by atoms with E-state index >= 15 is 0 Å². The van der Waals surface area contributed by atoms with E-state index in [9.17, 15) is 35.4 Å². The summed E-state index contributed by atoms with van der Waals surface area (Å²) in [4.78, 5) is 12.5. The third-order valence-electron chi connectivity index (χ3n) is 11.1. The van der Waals surface area contributed by atoms with Crippen molar-refractivity contribution in [3.8, 4) is 0 Å². The largest absolute Gasteiger partial charge is 0.462 e. The second-order valence-corrected chi connectivity index (χ2v) is 16.8. The molecule has 3 heterocycles. The smallest absolute Gasteiger partial charge is 0.306 e. The van der Waals surface area contributed by atoms with Gasteiger partial charge in [-0.2, -0.15) is 0 Å². The van der Waals surface area contributed by atoms with Crippen molar-refractivity contribution in [1.29, 1.82) is 0 Å². The first-order chi connectivity index (χ1) is 27.7. The summed E-state index contributed by atoms with van der Waals surface area (Å²) in [6, 6.07) is 0. The molecule has 0 spiro atoms. The highest BCUT2D eigenvalue weighted by atomic mass is 16.7. The fourth-order valence-electron chi connectivity index (χ4n) is 7.68. The molecule has 0 saturated carbocycles. The number of aliphatic hydroxyl groups is 6. The van der Waals surface area contributed by atoms with E-state index in [1.165, 1.54) is 0 Å². The summed E-state index contributed by atoms with van der Waals surface area (Å²) in [7, 11) is 0. The minimum atomic E-state index is -1.81. The van der Waals surface area contributed by atoms with Gasteiger partial charge in [0, 0.05) is 32.1 Å². The van der Waals surface area contributed by atoms with Crippen LogP contribution in [0.4, 0.5) is 0 Å². The molecule has 0 aliphatic carbocycles. The second kappa shape index (κ2) is 27.2. The third-order valence-corrected chi connectivity index (χ3v) is 11.1. The Kier molecular flexibility index (Phi) is 23.3. The molecule has 0 aromatic rings. The van der Waals surface area contributed by atoms with Gasteiger partial charge in [0.25, 0.3) is 0 Å². The molecule has 3 aliphatic rings. The Bertz CT molecular complexity index is 1370. The van der Waals surface area contributed by atoms with Gasteiger partial charge in [-0.25, -0.2) is 0 Å². The average molecular weight is 815 g/mol. The minimum Gasteiger partial charge on any atom is -0.462 e. The lowest BCUT2D eigenvalue weighted by Crippen LogP contribution is -2.50. The van der Waals surface area contributed by atoms with E-state index in [1.54, 1.807) is 19.1 Å². The number of esters is 1. The minimum absolute atomic E-state index is 0.0705. The Morgan fingerprint density at radius 3 is 1.79 bits per heavy atom. The van der Waals surface area contributed by atoms with Crippen LogP contribution in [0.5, 0.6) is 0 Å². The number of carbonyl (C=O) groups is 1. The summed E-state index contributed by atoms with van der Waals surface area (Å²) in [5.41, 5.74) is 0. The van der Waals surface area contributed by atoms with Gasteiger partial charge in [0.1, 0.15) is 12.2 Å². The molecule has 3 aliphatic heterocycles. The van der Waals surface area contributed by atoms with Crippen molar-refractivity contribution in [2.75, 3.05) is 0 Å². The summed E-state index contributed by atoms with van der Waals surface area (Å²) in [5, 5.41) is 64.5. The first-order valence-electron chi connectivity index (χ1n) is 21.7. The SMILES string of the molecule is CC1C=CC=CC=CC=CC=CC=CC=C[C@H](OC2O[C@H](C)C(O)C[C@@H]2O)CC2CC(O)C[C@@](O)(CC(O)CC(O)CCCCCCCCC(=O)OC(C)C(C)C1)O2. The van der Waals surface area contributed by atoms with Crippen LogP contribution in [-0.4, -0.2) is 104 Å². The lowest BCUT2D eigenvalue weighted by molar-refractivity contribution is -0.296. The van der Waals surface area contributed by atoms with Crippen LogP contribution in [0, 0.1) is 11.8 Å². The van der Waals surface area contributed by atoms with Crippen LogP contribution in [0.1, 0.15) is 124 Å². The van der Waals surface area contributed by atoms with Gasteiger partial charge in [-0.05, 0) is 57.8 Å². The molecule has 9 unspecified atom stereocenters. The zero-order valence-electron chi connectivity index (χ0n) is 35.3. The van der Waals surface area contributed by atoms with E-state index in [1.807, 2.05) is 73.8 Å². The predicted octanol–water partition coefficient (Wildman–Crippen LogP) is 6.97. The van der Waals surface area contributed by atoms with E-state index in [2.05, 4.69) is 19.9 Å². The van der Waals surface area contributed by atoms with E-state index in [0.717, 1.165) is 44.9 Å². The number of rotatable bonds is 2. The molecular weight excluding hydrogens is 741 g/mol. The van der Waals surface area contributed by atoms with Crippen molar-refractivity contribution in [3.05, 3.63) is 85.1 Å². The van der Waals surface area contributed by atoms with Crippen molar-refractivity contribution in [2.45, 2.75) is 191 Å². The maximum absolute atomic E-state index is 12.5. The van der Waals surface area contributed by atoms with Crippen LogP contribution < -0.4 is 0 Å². The Morgan fingerprint density at radius 2 is 1.16 bits per heavy atom. The number of allylic oxidation sites excluding steroid dienone is 13. The van der Waals surface area contributed by atoms with Crippen LogP contribution in [0.3, 0.4) is 0 Å². The zero-order chi connectivity index (χ0) is 42.3. The van der Waals surface area contributed by atoms with Gasteiger partial charge in [-0.3, -0.25) is 4.79 Å². The number of ether oxygens (including phenoxy) is 4. The maximum atomic E-state index is 12.5. The van der Waals surface area contributed by atoms with E-state index in [0.29, 0.717) is 18.8 Å². The molecule has 6 N–H and O–H groups in total. The lowest BCUT2D eigenvalue weighted by atomic mass is 9.90. The van der Waals surface area contributed by atoms with Crippen LogP contribution in [-0.2, 0) is 23.7 Å². The molecule has 2 saturated heterocycles. The number of cyclic esters (lactones) is 1. The molecule has 11 heteroatoms. The fraction of sp³-hybridized carbons (Fsp3) is 0.681. The lowest BCUT2D eigenvalue weighted by Gasteiger charge is -2.42. The first-order valence-corrected chi connectivity index (χ1v) is 21.7. The molecule has 3 rings (SSSR count). The molecule has 0 aromatic carbocycles. The van der Waals surface area contributed by atoms with Crippen LogP contribution in [0.15, 0.2) is 85.1 Å². The highest BCUT2D eigenvalue weighted by Gasteiger charge is 2.43. The number of hydrogen-bond acceptors (Lipinski definition) is 11. The predicted molar refractivity (Wildman–Crippen MR) is 226 cm³/mol. The Balaban J connectivity index is 1.68. The molecular formula is C47H74O11. The molecule has 0 aromatic heterocycles. The summed E-state index contributed by atoms with van der Waals surface area (Å²) in [5.74, 6) is -1.38. The van der Waals surface area contributed by atoms with Crippen molar-refractivity contribution in [3.63, 3.8) is 0 Å². The van der Waals surface area contributed by atoms with Gasteiger partial charge < -0.3 is 49.6 Å². The van der Waals surface area contributed by atoms with E-state index in [4.69, 9.17) is 18.9 Å². The van der Waals surface area contributed by atoms with Gasteiger partial charge in [-0.1, -0.05) is 131 Å². The van der Waals surface area contributed by atoms with Crippen molar-refractivity contribution < 1.29 is 54.4 Å². The standard InChI is InChI=1S/C47H74O11/c1-34-23-19-15-11-9-7-5-6-8-10-12-17-21-25-41(57-46-44(52)31-43(51)37(4)56-46)30-42-29-40(50)33-47(54,58-42)32-39(49)28-38(48)24-20-16-13-14-18-22-26-45(53)55-36(3)35(2)27-34/h5-12,15,17,19,21,23,25,34-44,46,48-52,54H,13-14,16,18,20,22,24,26-33H2,1-4H3/t34?,35?,36?,37-,38?,39?,40?,41+,42?,43?,44+,46?,47-/m1/s1. The quantitative estimate of drug-likeness (QED) is 0.159. The van der Waals surface area contributed by atoms with E-state index < -0.39 is 60.9 Å². The monoisotopic (exact) mass is 815 g/mol. The van der Waals surface area contributed by atoms with Gasteiger partial charge in [-0.15, -0.1) is 0 Å². The average Bonchev–Trinajstić information content (AvgIpc) is 3.13. The molecule has 58 heavy (non-hydrogen) atoms. The molecule has 0 amide bonds. The van der Waals surface area contributed by atoms with Gasteiger partial charge in [0.05, 0.1) is 42.7 Å². The van der Waals surface area contributed by atoms with Crippen molar-refractivity contribution in [2.24, 2.45) is 11.8 Å². The van der Waals surface area contributed by atoms with E-state index in [-0.39, 0.29) is 56.5 Å². The maximum Gasteiger partial charge on any atom is 0.306 e. The summed E-state index contributed by atoms with van der Waals surface area (Å²) in [6.45, 7) is 7.97. The highest BCUT2D eigenvalue weighted by Crippen LogP contribution is 2.35. The normalized spacial score (nSPS) is 38.2. The Labute approximate surface area is 347 Å². The number of fused-ring (bicyclic) bond motifs is 2. The molecule has 0 radical (unpaired) electrons. The summed E-state index contributed by atoms with van der Waals surface area (Å²) < 4.78 is 23.8. The fourth-order valence-corrected chi connectivity index (χ4v) is 7.68.